The first-order valence-electron chi connectivity index (χ1n) is 9.06. The van der Waals surface area contributed by atoms with Gasteiger partial charge in [0.2, 0.25) is 0 Å². The predicted molar refractivity (Wildman–Crippen MR) is 112 cm³/mol. The van der Waals surface area contributed by atoms with Crippen LogP contribution in [-0.4, -0.2) is 31.7 Å². The summed E-state index contributed by atoms with van der Waals surface area (Å²) in [5.41, 5.74) is 0. The first-order chi connectivity index (χ1) is 14.7. The maximum absolute atomic E-state index is 12.1. The molecule has 0 heterocycles. The third-order valence-corrected chi connectivity index (χ3v) is 6.95. The van der Waals surface area contributed by atoms with Gasteiger partial charge < -0.3 is 9.66 Å². The van der Waals surface area contributed by atoms with Crippen molar-refractivity contribution < 1.29 is 31.4 Å². The molecule has 3 aromatic carbocycles. The molecule has 0 aliphatic rings. The molecule has 0 amide bonds. The quantitative estimate of drug-likeness (QED) is 0.290. The standard InChI is InChI=1S/C18H15S.C4H6F4O3S/c1-4-10-16(11-5-1)19(17-12-6-2-7-13-17)18-14-8-3-9-15-18;5-3(6,1-2-9)4(7,8)12(10)11/h1-15H;9H,1-2H2,(H,10,11)/q+1;/p-1. The molecule has 166 valence electrons. The van der Waals surface area contributed by atoms with E-state index >= 15 is 0 Å². The van der Waals surface area contributed by atoms with Crippen LogP contribution in [0.5, 0.6) is 0 Å². The van der Waals surface area contributed by atoms with Gasteiger partial charge in [0, 0.05) is 24.1 Å². The number of rotatable bonds is 7. The van der Waals surface area contributed by atoms with Crippen LogP contribution in [-0.2, 0) is 22.0 Å². The normalized spacial score (nSPS) is 12.7. The van der Waals surface area contributed by atoms with Crippen molar-refractivity contribution in [2.45, 2.75) is 32.3 Å². The zero-order valence-corrected chi connectivity index (χ0v) is 17.8. The first-order valence-corrected chi connectivity index (χ1v) is 11.4. The van der Waals surface area contributed by atoms with Crippen molar-refractivity contribution in [1.82, 2.24) is 0 Å². The zero-order valence-electron chi connectivity index (χ0n) is 16.2. The van der Waals surface area contributed by atoms with Gasteiger partial charge in [-0.05, 0) is 36.4 Å². The highest BCUT2D eigenvalue weighted by Gasteiger charge is 2.56. The topological polar surface area (TPSA) is 60.4 Å². The summed E-state index contributed by atoms with van der Waals surface area (Å²) < 4.78 is 67.6. The summed E-state index contributed by atoms with van der Waals surface area (Å²) in [5, 5.41) is 2.80. The van der Waals surface area contributed by atoms with Crippen molar-refractivity contribution in [3.05, 3.63) is 91.0 Å². The zero-order chi connectivity index (χ0) is 22.9. The van der Waals surface area contributed by atoms with Crippen LogP contribution in [0.2, 0.25) is 0 Å². The molecule has 1 atom stereocenters. The van der Waals surface area contributed by atoms with E-state index in [0.29, 0.717) is 0 Å². The Labute approximate surface area is 183 Å². The minimum absolute atomic E-state index is 0.0146. The summed E-state index contributed by atoms with van der Waals surface area (Å²) in [6, 6.07) is 32.2. The fraction of sp³-hybridized carbons (Fsp3) is 0.182. The van der Waals surface area contributed by atoms with E-state index in [1.54, 1.807) is 0 Å². The van der Waals surface area contributed by atoms with E-state index in [2.05, 4.69) is 91.0 Å². The Hall–Kier alpha value is -2.20. The van der Waals surface area contributed by atoms with Crippen molar-refractivity contribution in [1.29, 1.82) is 0 Å². The van der Waals surface area contributed by atoms with Crippen LogP contribution in [0.3, 0.4) is 0 Å². The molecule has 0 spiro atoms. The average Bonchev–Trinajstić information content (AvgIpc) is 2.76. The van der Waals surface area contributed by atoms with Crippen LogP contribution in [0.15, 0.2) is 106 Å². The maximum atomic E-state index is 12.1. The Morgan fingerprint density at radius 1 is 0.742 bits per heavy atom. The summed E-state index contributed by atoms with van der Waals surface area (Å²) in [4.78, 5) is 4.08. The van der Waals surface area contributed by atoms with E-state index in [-0.39, 0.29) is 10.9 Å². The second kappa shape index (κ2) is 11.4. The number of halogens is 4. The van der Waals surface area contributed by atoms with Gasteiger partial charge in [-0.3, -0.25) is 4.21 Å². The highest BCUT2D eigenvalue weighted by atomic mass is 32.2. The van der Waals surface area contributed by atoms with Crippen LogP contribution in [0.4, 0.5) is 17.6 Å². The third-order valence-electron chi connectivity index (χ3n) is 4.00. The van der Waals surface area contributed by atoms with Gasteiger partial charge in [-0.1, -0.05) is 54.6 Å². The summed E-state index contributed by atoms with van der Waals surface area (Å²) in [5.74, 6) is -4.73. The van der Waals surface area contributed by atoms with Gasteiger partial charge in [0.05, 0.1) is 10.9 Å². The predicted octanol–water partition coefficient (Wildman–Crippen LogP) is 5.26. The van der Waals surface area contributed by atoms with E-state index in [1.807, 2.05) is 0 Å². The molecule has 3 aromatic rings. The lowest BCUT2D eigenvalue weighted by atomic mass is 10.2. The summed E-state index contributed by atoms with van der Waals surface area (Å²) in [6.07, 6.45) is -1.59. The second-order valence-corrected chi connectivity index (χ2v) is 9.18. The number of hydrogen-bond donors (Lipinski definition) is 1. The molecule has 9 heteroatoms. The third kappa shape index (κ3) is 6.64. The van der Waals surface area contributed by atoms with Gasteiger partial charge >= 0.3 is 11.2 Å². The Morgan fingerprint density at radius 2 is 1.06 bits per heavy atom. The lowest BCUT2D eigenvalue weighted by molar-refractivity contribution is -0.165. The van der Waals surface area contributed by atoms with Crippen molar-refractivity contribution in [2.24, 2.45) is 0 Å². The van der Waals surface area contributed by atoms with E-state index < -0.39 is 35.3 Å². The van der Waals surface area contributed by atoms with Crippen molar-refractivity contribution in [3.8, 4) is 0 Å². The van der Waals surface area contributed by atoms with Gasteiger partial charge in [0.1, 0.15) is 0 Å². The van der Waals surface area contributed by atoms with Crippen LogP contribution in [0.1, 0.15) is 6.42 Å². The highest BCUT2D eigenvalue weighted by Crippen LogP contribution is 2.38. The van der Waals surface area contributed by atoms with Crippen molar-refractivity contribution >= 4 is 22.0 Å². The second-order valence-electron chi connectivity index (χ2n) is 6.17. The van der Waals surface area contributed by atoms with Crippen LogP contribution in [0.25, 0.3) is 0 Å². The molecular weight excluding hydrogens is 452 g/mol. The lowest BCUT2D eigenvalue weighted by Crippen LogP contribution is -2.44. The maximum Gasteiger partial charge on any atom is 0.371 e. The molecule has 31 heavy (non-hydrogen) atoms. The average molecular weight is 473 g/mol. The molecule has 0 bridgehead atoms. The van der Waals surface area contributed by atoms with E-state index in [0.717, 1.165) is 0 Å². The fourth-order valence-electron chi connectivity index (χ4n) is 2.49. The SMILES string of the molecule is O=S([O-])C(F)(F)C(F)(F)CCO.c1ccc([S+](c2ccccc2)c2ccccc2)cc1. The number of alkyl halides is 4. The smallest absolute Gasteiger partial charge is 0.371 e. The molecule has 1 N–H and O–H groups in total. The van der Waals surface area contributed by atoms with E-state index in [1.165, 1.54) is 14.7 Å². The largest absolute Gasteiger partial charge is 0.768 e. The van der Waals surface area contributed by atoms with Gasteiger partial charge in [-0.25, -0.2) is 0 Å². The monoisotopic (exact) mass is 472 g/mol. The molecule has 3 rings (SSSR count). The number of aliphatic hydroxyl groups is 1. The lowest BCUT2D eigenvalue weighted by Gasteiger charge is -2.27. The minimum atomic E-state index is -5.13. The van der Waals surface area contributed by atoms with Gasteiger partial charge in [0.25, 0.3) is 0 Å². The molecule has 0 radical (unpaired) electrons. The summed E-state index contributed by atoms with van der Waals surface area (Å²) in [6.45, 7) is -1.21. The Balaban J connectivity index is 0.000000248. The summed E-state index contributed by atoms with van der Waals surface area (Å²) in [7, 11) is -0.0146. The first kappa shape index (κ1) is 25.1. The minimum Gasteiger partial charge on any atom is -0.768 e. The molecule has 0 aliphatic carbocycles. The van der Waals surface area contributed by atoms with Crippen molar-refractivity contribution in [3.63, 3.8) is 0 Å². The van der Waals surface area contributed by atoms with Gasteiger partial charge in [-0.15, -0.1) is 0 Å². The van der Waals surface area contributed by atoms with Crippen molar-refractivity contribution in [2.75, 3.05) is 6.61 Å². The number of aliphatic hydroxyl groups excluding tert-OH is 1. The Bertz CT molecular complexity index is 849. The number of hydrogen-bond acceptors (Lipinski definition) is 3. The van der Waals surface area contributed by atoms with E-state index in [4.69, 9.17) is 5.11 Å². The highest BCUT2D eigenvalue weighted by molar-refractivity contribution is 7.97. The molecule has 0 aromatic heterocycles. The molecule has 0 fully saturated rings. The number of benzene rings is 3. The molecule has 0 saturated heterocycles. The Kier molecular flexibility index (Phi) is 9.24. The Morgan fingerprint density at radius 3 is 1.32 bits per heavy atom. The molecule has 3 nitrogen and oxygen atoms in total. The van der Waals surface area contributed by atoms with Gasteiger partial charge in [-0.2, -0.15) is 17.6 Å². The van der Waals surface area contributed by atoms with E-state index in [9.17, 15) is 26.3 Å². The molecular formula is C22H20F4O3S2. The fourth-order valence-corrected chi connectivity index (χ4v) is 4.94. The molecule has 0 saturated carbocycles. The van der Waals surface area contributed by atoms with Crippen LogP contribution in [0, 0.1) is 0 Å². The van der Waals surface area contributed by atoms with Crippen LogP contribution < -0.4 is 0 Å². The van der Waals surface area contributed by atoms with Gasteiger partial charge in [0.15, 0.2) is 14.7 Å². The molecule has 1 unspecified atom stereocenters. The summed E-state index contributed by atoms with van der Waals surface area (Å²) >= 11 is -4.19. The van der Waals surface area contributed by atoms with Crippen LogP contribution >= 0.6 is 0 Å². The molecule has 0 aliphatic heterocycles.